The van der Waals surface area contributed by atoms with Crippen LogP contribution in [0, 0.1) is 12.3 Å². The molecule has 0 saturated heterocycles. The quantitative estimate of drug-likeness (QED) is 0.813. The highest BCUT2D eigenvalue weighted by Gasteiger charge is 2.09. The van der Waals surface area contributed by atoms with E-state index in [9.17, 15) is 0 Å². The van der Waals surface area contributed by atoms with Gasteiger partial charge in [0.25, 0.3) is 0 Å². The molecule has 0 aromatic carbocycles. The van der Waals surface area contributed by atoms with Crippen LogP contribution in [0.5, 0.6) is 0 Å². The molecule has 0 bridgehead atoms. The fourth-order valence-electron chi connectivity index (χ4n) is 1.64. The van der Waals surface area contributed by atoms with Gasteiger partial charge >= 0.3 is 0 Å². The third-order valence-electron chi connectivity index (χ3n) is 2.44. The van der Waals surface area contributed by atoms with Crippen molar-refractivity contribution < 1.29 is 0 Å². The van der Waals surface area contributed by atoms with E-state index in [0.717, 1.165) is 23.9 Å². The Morgan fingerprint density at radius 3 is 2.94 bits per heavy atom. The molecule has 1 aromatic heterocycles. The van der Waals surface area contributed by atoms with E-state index in [4.69, 9.17) is 6.42 Å². The molecule has 88 valence electrons. The van der Waals surface area contributed by atoms with Gasteiger partial charge in [0.1, 0.15) is 0 Å². The van der Waals surface area contributed by atoms with Gasteiger partial charge < -0.3 is 5.32 Å². The van der Waals surface area contributed by atoms with E-state index in [-0.39, 0.29) is 0 Å². The van der Waals surface area contributed by atoms with E-state index in [2.05, 4.69) is 46.1 Å². The Kier molecular flexibility index (Phi) is 5.58. The Hall–Kier alpha value is -0.790. The van der Waals surface area contributed by atoms with E-state index in [1.54, 1.807) is 6.20 Å². The van der Waals surface area contributed by atoms with Gasteiger partial charge in [-0.2, -0.15) is 5.10 Å². The van der Waals surface area contributed by atoms with Crippen molar-refractivity contribution >= 4 is 15.9 Å². The maximum Gasteiger partial charge on any atom is 0.0632 e. The summed E-state index contributed by atoms with van der Waals surface area (Å²) in [7, 11) is 0. The molecule has 0 spiro atoms. The summed E-state index contributed by atoms with van der Waals surface area (Å²) in [4.78, 5) is 0. The van der Waals surface area contributed by atoms with E-state index >= 15 is 0 Å². The lowest BCUT2D eigenvalue weighted by molar-refractivity contribution is 0.390. The SMILES string of the molecule is C#CCC(CC)NC(C)Cn1cc(Br)cn1. The molecular weight excluding hydrogens is 266 g/mol. The first kappa shape index (κ1) is 13.3. The lowest BCUT2D eigenvalue weighted by Gasteiger charge is -2.20. The topological polar surface area (TPSA) is 29.9 Å². The molecule has 1 rings (SSSR count). The minimum atomic E-state index is 0.366. The second-order valence-electron chi connectivity index (χ2n) is 3.96. The van der Waals surface area contributed by atoms with Gasteiger partial charge in [-0.15, -0.1) is 12.3 Å². The highest BCUT2D eigenvalue weighted by Crippen LogP contribution is 2.07. The van der Waals surface area contributed by atoms with E-state index in [0.29, 0.717) is 12.1 Å². The standard InChI is InChI=1S/C12H18BrN3/c1-4-6-12(5-2)15-10(3)8-16-9-11(13)7-14-16/h1,7,9-10,12,15H,5-6,8H2,2-3H3. The van der Waals surface area contributed by atoms with Crippen LogP contribution in [0.1, 0.15) is 26.7 Å². The van der Waals surface area contributed by atoms with Gasteiger partial charge in [-0.05, 0) is 29.3 Å². The molecule has 0 aliphatic rings. The summed E-state index contributed by atoms with van der Waals surface area (Å²) < 4.78 is 2.93. The molecule has 3 nitrogen and oxygen atoms in total. The van der Waals surface area contributed by atoms with Crippen molar-refractivity contribution in [2.45, 2.75) is 45.3 Å². The molecular formula is C12H18BrN3. The maximum absolute atomic E-state index is 5.32. The van der Waals surface area contributed by atoms with Crippen LogP contribution >= 0.6 is 15.9 Å². The van der Waals surface area contributed by atoms with Gasteiger partial charge in [0.05, 0.1) is 17.2 Å². The van der Waals surface area contributed by atoms with Crippen molar-refractivity contribution in [2.24, 2.45) is 0 Å². The second kappa shape index (κ2) is 6.72. The zero-order chi connectivity index (χ0) is 12.0. The van der Waals surface area contributed by atoms with Crippen LogP contribution < -0.4 is 5.32 Å². The lowest BCUT2D eigenvalue weighted by Crippen LogP contribution is -2.38. The van der Waals surface area contributed by atoms with Gasteiger partial charge in [-0.1, -0.05) is 6.92 Å². The number of rotatable bonds is 6. The molecule has 1 heterocycles. The first-order valence-electron chi connectivity index (χ1n) is 5.53. The van der Waals surface area contributed by atoms with Crippen molar-refractivity contribution in [3.63, 3.8) is 0 Å². The molecule has 0 saturated carbocycles. The van der Waals surface area contributed by atoms with Crippen LogP contribution in [0.3, 0.4) is 0 Å². The minimum Gasteiger partial charge on any atom is -0.309 e. The Morgan fingerprint density at radius 2 is 2.44 bits per heavy atom. The molecule has 0 fully saturated rings. The van der Waals surface area contributed by atoms with Crippen LogP contribution in [0.2, 0.25) is 0 Å². The van der Waals surface area contributed by atoms with Crippen molar-refractivity contribution in [3.8, 4) is 12.3 Å². The van der Waals surface area contributed by atoms with Gasteiger partial charge in [0.2, 0.25) is 0 Å². The Bertz CT molecular complexity index is 353. The first-order valence-corrected chi connectivity index (χ1v) is 6.32. The third kappa shape index (κ3) is 4.38. The summed E-state index contributed by atoms with van der Waals surface area (Å²) in [5, 5.41) is 7.73. The van der Waals surface area contributed by atoms with Crippen LogP contribution in [-0.4, -0.2) is 21.9 Å². The summed E-state index contributed by atoms with van der Waals surface area (Å²) in [6.07, 6.45) is 10.9. The number of aromatic nitrogens is 2. The average molecular weight is 284 g/mol. The highest BCUT2D eigenvalue weighted by atomic mass is 79.9. The number of halogens is 1. The molecule has 2 unspecified atom stereocenters. The Morgan fingerprint density at radius 1 is 1.69 bits per heavy atom. The molecule has 4 heteroatoms. The number of hydrogen-bond donors (Lipinski definition) is 1. The summed E-state index contributed by atoms with van der Waals surface area (Å²) in [5.74, 6) is 2.70. The van der Waals surface area contributed by atoms with Crippen molar-refractivity contribution in [3.05, 3.63) is 16.9 Å². The number of nitrogens with zero attached hydrogens (tertiary/aromatic N) is 2. The normalized spacial score (nSPS) is 14.4. The summed E-state index contributed by atoms with van der Waals surface area (Å²) in [5.41, 5.74) is 0. The largest absolute Gasteiger partial charge is 0.309 e. The zero-order valence-corrected chi connectivity index (χ0v) is 11.4. The van der Waals surface area contributed by atoms with Crippen molar-refractivity contribution in [2.75, 3.05) is 0 Å². The lowest BCUT2D eigenvalue weighted by atomic mass is 10.1. The molecule has 1 aromatic rings. The monoisotopic (exact) mass is 283 g/mol. The zero-order valence-electron chi connectivity index (χ0n) is 9.78. The Labute approximate surface area is 106 Å². The predicted molar refractivity (Wildman–Crippen MR) is 70.1 cm³/mol. The van der Waals surface area contributed by atoms with E-state index in [1.165, 1.54) is 0 Å². The number of terminal acetylenes is 1. The summed E-state index contributed by atoms with van der Waals surface area (Å²) >= 11 is 3.38. The van der Waals surface area contributed by atoms with Crippen LogP contribution in [0.15, 0.2) is 16.9 Å². The molecule has 0 aliphatic carbocycles. The highest BCUT2D eigenvalue weighted by molar-refractivity contribution is 9.10. The Balaban J connectivity index is 2.40. The van der Waals surface area contributed by atoms with E-state index in [1.807, 2.05) is 10.9 Å². The summed E-state index contributed by atoms with van der Waals surface area (Å²) in [6, 6.07) is 0.768. The van der Waals surface area contributed by atoms with Gasteiger partial charge in [0.15, 0.2) is 0 Å². The molecule has 2 atom stereocenters. The molecule has 1 N–H and O–H groups in total. The average Bonchev–Trinajstić information content (AvgIpc) is 2.63. The number of hydrogen-bond acceptors (Lipinski definition) is 2. The van der Waals surface area contributed by atoms with Gasteiger partial charge in [-0.25, -0.2) is 0 Å². The second-order valence-corrected chi connectivity index (χ2v) is 4.88. The van der Waals surface area contributed by atoms with Crippen LogP contribution in [-0.2, 0) is 6.54 Å². The van der Waals surface area contributed by atoms with Gasteiger partial charge in [-0.3, -0.25) is 4.68 Å². The fourth-order valence-corrected chi connectivity index (χ4v) is 1.97. The minimum absolute atomic E-state index is 0.366. The van der Waals surface area contributed by atoms with Crippen molar-refractivity contribution in [1.29, 1.82) is 0 Å². The van der Waals surface area contributed by atoms with Crippen LogP contribution in [0.4, 0.5) is 0 Å². The van der Waals surface area contributed by atoms with E-state index < -0.39 is 0 Å². The van der Waals surface area contributed by atoms with Crippen LogP contribution in [0.25, 0.3) is 0 Å². The predicted octanol–water partition coefficient (Wildman–Crippen LogP) is 2.43. The number of nitrogens with one attached hydrogen (secondary N) is 1. The summed E-state index contributed by atoms with van der Waals surface area (Å²) in [6.45, 7) is 5.15. The maximum atomic E-state index is 5.32. The third-order valence-corrected chi connectivity index (χ3v) is 2.85. The molecule has 0 amide bonds. The first-order chi connectivity index (χ1) is 7.65. The van der Waals surface area contributed by atoms with Gasteiger partial charge in [0, 0.05) is 24.7 Å². The molecule has 16 heavy (non-hydrogen) atoms. The molecule has 0 radical (unpaired) electrons. The van der Waals surface area contributed by atoms with Crippen molar-refractivity contribution in [1.82, 2.24) is 15.1 Å². The fraction of sp³-hybridized carbons (Fsp3) is 0.583. The molecule has 0 aliphatic heterocycles. The smallest absolute Gasteiger partial charge is 0.0632 e.